The first kappa shape index (κ1) is 13.4. The lowest BCUT2D eigenvalue weighted by Crippen LogP contribution is -2.01. The van der Waals surface area contributed by atoms with Crippen molar-refractivity contribution in [1.82, 2.24) is 19.7 Å². The Morgan fingerprint density at radius 3 is 2.67 bits per heavy atom. The third-order valence-corrected chi connectivity index (χ3v) is 3.66. The van der Waals surface area contributed by atoms with Crippen LogP contribution in [0.15, 0.2) is 30.5 Å². The van der Waals surface area contributed by atoms with Crippen LogP contribution in [-0.4, -0.2) is 26.9 Å². The van der Waals surface area contributed by atoms with Gasteiger partial charge >= 0.3 is 0 Å². The maximum absolute atomic E-state index is 5.88. The summed E-state index contributed by atoms with van der Waals surface area (Å²) in [5.74, 6) is 1.50. The van der Waals surface area contributed by atoms with Crippen LogP contribution in [-0.2, 0) is 0 Å². The molecule has 1 aromatic carbocycles. The lowest BCUT2D eigenvalue weighted by atomic mass is 10.3. The van der Waals surface area contributed by atoms with Crippen LogP contribution in [0.2, 0.25) is 0 Å². The monoisotopic (exact) mass is 302 g/mol. The van der Waals surface area contributed by atoms with Crippen molar-refractivity contribution in [1.29, 1.82) is 0 Å². The molecular formula is C13H14N6OS. The molecule has 0 bridgehead atoms. The standard InChI is InChI=1S/C13H14N6OS/c1-8-7-15-13(21-8)19-11(14)17-12(18-19)16-9-3-5-10(20-2)6-4-9/h3-7H,1-2H3,(H3,14,16,17,18). The quantitative estimate of drug-likeness (QED) is 0.769. The number of hydrogen-bond acceptors (Lipinski definition) is 7. The number of nitrogen functional groups attached to an aromatic ring is 1. The van der Waals surface area contributed by atoms with E-state index < -0.39 is 0 Å². The van der Waals surface area contributed by atoms with Gasteiger partial charge in [-0.15, -0.1) is 16.4 Å². The Hall–Kier alpha value is -2.61. The van der Waals surface area contributed by atoms with Crippen molar-refractivity contribution >= 4 is 28.9 Å². The number of hydrogen-bond donors (Lipinski definition) is 2. The topological polar surface area (TPSA) is 90.9 Å². The number of ether oxygens (including phenoxy) is 1. The first-order valence-electron chi connectivity index (χ1n) is 6.22. The van der Waals surface area contributed by atoms with Crippen LogP contribution in [0.3, 0.4) is 0 Å². The normalized spacial score (nSPS) is 10.6. The molecule has 0 radical (unpaired) electrons. The van der Waals surface area contributed by atoms with Gasteiger partial charge in [0.1, 0.15) is 5.75 Å². The summed E-state index contributed by atoms with van der Waals surface area (Å²) in [5, 5.41) is 8.10. The Labute approximate surface area is 125 Å². The average molecular weight is 302 g/mol. The molecule has 0 saturated heterocycles. The molecule has 2 heterocycles. The first-order chi connectivity index (χ1) is 10.2. The molecular weight excluding hydrogens is 288 g/mol. The minimum Gasteiger partial charge on any atom is -0.497 e. The lowest BCUT2D eigenvalue weighted by molar-refractivity contribution is 0.415. The summed E-state index contributed by atoms with van der Waals surface area (Å²) in [4.78, 5) is 9.52. The number of aryl methyl sites for hydroxylation is 1. The van der Waals surface area contributed by atoms with Crippen molar-refractivity contribution in [3.63, 3.8) is 0 Å². The summed E-state index contributed by atoms with van der Waals surface area (Å²) in [7, 11) is 1.63. The van der Waals surface area contributed by atoms with E-state index in [0.717, 1.165) is 16.3 Å². The van der Waals surface area contributed by atoms with E-state index in [1.54, 1.807) is 13.3 Å². The Balaban J connectivity index is 1.83. The minimum atomic E-state index is 0.292. The van der Waals surface area contributed by atoms with Crippen molar-refractivity contribution < 1.29 is 4.74 Å². The second-order valence-corrected chi connectivity index (χ2v) is 5.53. The summed E-state index contributed by atoms with van der Waals surface area (Å²) in [6, 6.07) is 7.46. The molecule has 0 aliphatic heterocycles. The Morgan fingerprint density at radius 1 is 1.29 bits per heavy atom. The van der Waals surface area contributed by atoms with E-state index in [4.69, 9.17) is 10.5 Å². The summed E-state index contributed by atoms with van der Waals surface area (Å²) in [6.45, 7) is 1.98. The molecule has 108 valence electrons. The van der Waals surface area contributed by atoms with Gasteiger partial charge in [0.05, 0.1) is 7.11 Å². The highest BCUT2D eigenvalue weighted by molar-refractivity contribution is 7.14. The molecule has 0 amide bonds. The van der Waals surface area contributed by atoms with E-state index >= 15 is 0 Å². The van der Waals surface area contributed by atoms with Crippen LogP contribution >= 0.6 is 11.3 Å². The second kappa shape index (κ2) is 5.41. The highest BCUT2D eigenvalue weighted by Gasteiger charge is 2.11. The van der Waals surface area contributed by atoms with Crippen molar-refractivity contribution in [3.8, 4) is 10.9 Å². The number of anilines is 3. The molecule has 3 N–H and O–H groups in total. The zero-order valence-corrected chi connectivity index (χ0v) is 12.4. The molecule has 0 spiro atoms. The van der Waals surface area contributed by atoms with Crippen molar-refractivity contribution in [2.75, 3.05) is 18.2 Å². The van der Waals surface area contributed by atoms with Gasteiger partial charge in [-0.25, -0.2) is 4.98 Å². The van der Waals surface area contributed by atoms with E-state index in [-0.39, 0.29) is 0 Å². The van der Waals surface area contributed by atoms with Gasteiger partial charge in [0.2, 0.25) is 17.0 Å². The molecule has 0 aliphatic carbocycles. The summed E-state index contributed by atoms with van der Waals surface area (Å²) < 4.78 is 6.63. The molecule has 0 unspecified atom stereocenters. The van der Waals surface area contributed by atoms with Gasteiger partial charge in [0.15, 0.2) is 0 Å². The molecule has 7 nitrogen and oxygen atoms in total. The maximum atomic E-state index is 5.88. The molecule has 0 fully saturated rings. The Morgan fingerprint density at radius 2 is 2.05 bits per heavy atom. The number of benzene rings is 1. The van der Waals surface area contributed by atoms with Gasteiger partial charge in [-0.05, 0) is 31.2 Å². The van der Waals surface area contributed by atoms with E-state index in [0.29, 0.717) is 17.0 Å². The van der Waals surface area contributed by atoms with Gasteiger partial charge in [0, 0.05) is 16.8 Å². The fourth-order valence-electron chi connectivity index (χ4n) is 1.76. The zero-order chi connectivity index (χ0) is 14.8. The van der Waals surface area contributed by atoms with Crippen LogP contribution in [0.4, 0.5) is 17.6 Å². The molecule has 3 aromatic rings. The van der Waals surface area contributed by atoms with Crippen LogP contribution in [0.25, 0.3) is 5.13 Å². The van der Waals surface area contributed by atoms with Gasteiger partial charge in [-0.3, -0.25) is 0 Å². The van der Waals surface area contributed by atoms with E-state index in [2.05, 4.69) is 20.4 Å². The molecule has 21 heavy (non-hydrogen) atoms. The van der Waals surface area contributed by atoms with Crippen molar-refractivity contribution in [3.05, 3.63) is 35.3 Å². The van der Waals surface area contributed by atoms with Gasteiger partial charge in [0.25, 0.3) is 0 Å². The van der Waals surface area contributed by atoms with Crippen LogP contribution < -0.4 is 15.8 Å². The fourth-order valence-corrected chi connectivity index (χ4v) is 2.48. The van der Waals surface area contributed by atoms with Crippen LogP contribution in [0.1, 0.15) is 4.88 Å². The van der Waals surface area contributed by atoms with Gasteiger partial charge < -0.3 is 15.8 Å². The summed E-state index contributed by atoms with van der Waals surface area (Å²) >= 11 is 1.50. The van der Waals surface area contributed by atoms with Crippen LogP contribution in [0.5, 0.6) is 5.75 Å². The van der Waals surface area contributed by atoms with Gasteiger partial charge in [-0.2, -0.15) is 9.67 Å². The minimum absolute atomic E-state index is 0.292. The SMILES string of the molecule is COc1ccc(Nc2nc(N)n(-c3ncc(C)s3)n2)cc1. The third-order valence-electron chi connectivity index (χ3n) is 2.77. The Bertz CT molecular complexity index is 748. The number of nitrogens with one attached hydrogen (secondary N) is 1. The van der Waals surface area contributed by atoms with E-state index in [9.17, 15) is 0 Å². The molecule has 8 heteroatoms. The molecule has 2 aromatic heterocycles. The number of nitrogens with zero attached hydrogens (tertiary/aromatic N) is 4. The van der Waals surface area contributed by atoms with Crippen LogP contribution in [0, 0.1) is 6.92 Å². The number of methoxy groups -OCH3 is 1. The van der Waals surface area contributed by atoms with Crippen molar-refractivity contribution in [2.24, 2.45) is 0 Å². The predicted octanol–water partition coefficient (Wildman–Crippen LogP) is 2.37. The van der Waals surface area contributed by atoms with Gasteiger partial charge in [-0.1, -0.05) is 0 Å². The van der Waals surface area contributed by atoms with E-state index in [1.807, 2.05) is 31.2 Å². The average Bonchev–Trinajstić information content (AvgIpc) is 3.06. The second-order valence-electron chi connectivity index (χ2n) is 4.31. The number of thiazole rings is 1. The zero-order valence-electron chi connectivity index (χ0n) is 11.6. The molecule has 0 atom stereocenters. The highest BCUT2D eigenvalue weighted by Crippen LogP contribution is 2.22. The Kier molecular flexibility index (Phi) is 3.44. The van der Waals surface area contributed by atoms with Crippen molar-refractivity contribution in [2.45, 2.75) is 6.92 Å². The molecule has 0 aliphatic rings. The fraction of sp³-hybridized carbons (Fsp3) is 0.154. The third kappa shape index (κ3) is 2.79. The summed E-state index contributed by atoms with van der Waals surface area (Å²) in [5.41, 5.74) is 6.73. The molecule has 0 saturated carbocycles. The smallest absolute Gasteiger partial charge is 0.248 e. The number of rotatable bonds is 4. The number of aromatic nitrogens is 4. The largest absolute Gasteiger partial charge is 0.497 e. The first-order valence-corrected chi connectivity index (χ1v) is 7.04. The predicted molar refractivity (Wildman–Crippen MR) is 82.5 cm³/mol. The molecule has 3 rings (SSSR count). The van der Waals surface area contributed by atoms with E-state index in [1.165, 1.54) is 16.0 Å². The lowest BCUT2D eigenvalue weighted by Gasteiger charge is -2.03. The maximum Gasteiger partial charge on any atom is 0.248 e. The number of nitrogens with two attached hydrogens (primary N) is 1. The highest BCUT2D eigenvalue weighted by atomic mass is 32.1. The summed E-state index contributed by atoms with van der Waals surface area (Å²) in [6.07, 6.45) is 1.78.